The zero-order chi connectivity index (χ0) is 14.1. The van der Waals surface area contributed by atoms with Gasteiger partial charge in [0.25, 0.3) is 0 Å². The van der Waals surface area contributed by atoms with Gasteiger partial charge < -0.3 is 14.8 Å². The fourth-order valence-electron chi connectivity index (χ4n) is 2.80. The molecular formula is C16H24N4. The molecule has 1 aliphatic carbocycles. The summed E-state index contributed by atoms with van der Waals surface area (Å²) in [7, 11) is 4.32. The summed E-state index contributed by atoms with van der Waals surface area (Å²) >= 11 is 0. The molecule has 1 N–H and O–H groups in total. The van der Waals surface area contributed by atoms with E-state index in [4.69, 9.17) is 4.98 Å². The van der Waals surface area contributed by atoms with Crippen LogP contribution in [0.25, 0.3) is 11.0 Å². The van der Waals surface area contributed by atoms with E-state index >= 15 is 0 Å². The molecular weight excluding hydrogens is 248 g/mol. The SMILES string of the molecule is CC(NCCN(C)C1CC1)c1nc2ccccc2n1C. The molecule has 0 aliphatic heterocycles. The third kappa shape index (κ3) is 2.72. The third-order valence-electron chi connectivity index (χ3n) is 4.29. The van der Waals surface area contributed by atoms with Crippen molar-refractivity contribution in [3.8, 4) is 0 Å². The fraction of sp³-hybridized carbons (Fsp3) is 0.562. The zero-order valence-electron chi connectivity index (χ0n) is 12.6. The number of aryl methyl sites for hydroxylation is 1. The van der Waals surface area contributed by atoms with Crippen molar-refractivity contribution in [3.05, 3.63) is 30.1 Å². The number of hydrogen-bond acceptors (Lipinski definition) is 3. The van der Waals surface area contributed by atoms with E-state index in [0.717, 1.165) is 30.5 Å². The highest BCUT2D eigenvalue weighted by Crippen LogP contribution is 2.24. The van der Waals surface area contributed by atoms with E-state index in [9.17, 15) is 0 Å². The van der Waals surface area contributed by atoms with E-state index < -0.39 is 0 Å². The van der Waals surface area contributed by atoms with Crippen molar-refractivity contribution >= 4 is 11.0 Å². The van der Waals surface area contributed by atoms with Crippen molar-refractivity contribution in [2.75, 3.05) is 20.1 Å². The highest BCUT2D eigenvalue weighted by atomic mass is 15.2. The van der Waals surface area contributed by atoms with Crippen molar-refractivity contribution in [1.29, 1.82) is 0 Å². The Bertz CT molecular complexity index is 585. The number of imidazole rings is 1. The van der Waals surface area contributed by atoms with Gasteiger partial charge in [-0.25, -0.2) is 4.98 Å². The maximum Gasteiger partial charge on any atom is 0.126 e. The van der Waals surface area contributed by atoms with E-state index in [0.29, 0.717) is 0 Å². The van der Waals surface area contributed by atoms with Gasteiger partial charge in [-0.1, -0.05) is 12.1 Å². The van der Waals surface area contributed by atoms with Crippen LogP contribution < -0.4 is 5.32 Å². The number of para-hydroxylation sites is 2. The lowest BCUT2D eigenvalue weighted by molar-refractivity contribution is 0.315. The highest BCUT2D eigenvalue weighted by Gasteiger charge is 2.25. The number of benzene rings is 1. The van der Waals surface area contributed by atoms with Crippen LogP contribution in [0.4, 0.5) is 0 Å². The lowest BCUT2D eigenvalue weighted by Gasteiger charge is -2.18. The van der Waals surface area contributed by atoms with Gasteiger partial charge in [0.05, 0.1) is 17.1 Å². The molecule has 1 aliphatic rings. The molecule has 1 aromatic heterocycles. The average Bonchev–Trinajstić information content (AvgIpc) is 3.24. The minimum atomic E-state index is 0.278. The van der Waals surface area contributed by atoms with Gasteiger partial charge in [0.2, 0.25) is 0 Å². The minimum Gasteiger partial charge on any atom is -0.330 e. The lowest BCUT2D eigenvalue weighted by atomic mass is 10.3. The Balaban J connectivity index is 1.62. The summed E-state index contributed by atoms with van der Waals surface area (Å²) in [6, 6.07) is 9.42. The predicted molar refractivity (Wildman–Crippen MR) is 82.8 cm³/mol. The van der Waals surface area contributed by atoms with Gasteiger partial charge >= 0.3 is 0 Å². The molecule has 1 unspecified atom stereocenters. The van der Waals surface area contributed by atoms with E-state index in [1.54, 1.807) is 0 Å². The minimum absolute atomic E-state index is 0.278. The monoisotopic (exact) mass is 272 g/mol. The Morgan fingerprint density at radius 3 is 2.85 bits per heavy atom. The molecule has 0 bridgehead atoms. The molecule has 2 aromatic rings. The van der Waals surface area contributed by atoms with Gasteiger partial charge in [-0.05, 0) is 38.9 Å². The van der Waals surface area contributed by atoms with Crippen molar-refractivity contribution in [2.45, 2.75) is 31.8 Å². The smallest absolute Gasteiger partial charge is 0.126 e. The number of hydrogen-bond donors (Lipinski definition) is 1. The van der Waals surface area contributed by atoms with E-state index in [1.165, 1.54) is 18.4 Å². The van der Waals surface area contributed by atoms with Gasteiger partial charge in [0, 0.05) is 26.2 Å². The molecule has 0 radical (unpaired) electrons. The fourth-order valence-corrected chi connectivity index (χ4v) is 2.80. The average molecular weight is 272 g/mol. The Kier molecular flexibility index (Phi) is 3.76. The number of aromatic nitrogens is 2. The summed E-state index contributed by atoms with van der Waals surface area (Å²) in [6.45, 7) is 4.31. The molecule has 1 atom stereocenters. The van der Waals surface area contributed by atoms with Gasteiger partial charge in [0.15, 0.2) is 0 Å². The van der Waals surface area contributed by atoms with Crippen molar-refractivity contribution in [3.63, 3.8) is 0 Å². The number of likely N-dealkylation sites (N-methyl/N-ethyl adjacent to an activating group) is 1. The standard InChI is InChI=1S/C16H24N4/c1-12(17-10-11-19(2)13-8-9-13)16-18-14-6-4-5-7-15(14)20(16)3/h4-7,12-13,17H,8-11H2,1-3H3. The van der Waals surface area contributed by atoms with Gasteiger partial charge in [-0.3, -0.25) is 0 Å². The summed E-state index contributed by atoms with van der Waals surface area (Å²) in [5.41, 5.74) is 2.28. The van der Waals surface area contributed by atoms with Crippen molar-refractivity contribution < 1.29 is 0 Å². The Morgan fingerprint density at radius 2 is 2.15 bits per heavy atom. The molecule has 108 valence electrons. The topological polar surface area (TPSA) is 33.1 Å². The summed E-state index contributed by atoms with van der Waals surface area (Å²) in [5.74, 6) is 1.11. The first-order chi connectivity index (χ1) is 9.66. The molecule has 0 spiro atoms. The number of fused-ring (bicyclic) bond motifs is 1. The molecule has 4 heteroatoms. The Morgan fingerprint density at radius 1 is 1.40 bits per heavy atom. The van der Waals surface area contributed by atoms with Gasteiger partial charge in [-0.15, -0.1) is 0 Å². The molecule has 3 rings (SSSR count). The van der Waals surface area contributed by atoms with Crippen LogP contribution in [-0.4, -0.2) is 40.6 Å². The first-order valence-electron chi connectivity index (χ1n) is 7.52. The van der Waals surface area contributed by atoms with Crippen LogP contribution >= 0.6 is 0 Å². The molecule has 0 amide bonds. The molecule has 1 heterocycles. The molecule has 0 saturated heterocycles. The second kappa shape index (κ2) is 5.54. The van der Waals surface area contributed by atoms with Crippen LogP contribution in [0.1, 0.15) is 31.6 Å². The maximum absolute atomic E-state index is 4.74. The Hall–Kier alpha value is -1.39. The first kappa shape index (κ1) is 13.6. The highest BCUT2D eigenvalue weighted by molar-refractivity contribution is 5.75. The number of rotatable bonds is 6. The lowest BCUT2D eigenvalue weighted by Crippen LogP contribution is -2.32. The zero-order valence-corrected chi connectivity index (χ0v) is 12.6. The van der Waals surface area contributed by atoms with E-state index in [2.05, 4.69) is 54.0 Å². The van der Waals surface area contributed by atoms with Crippen molar-refractivity contribution in [2.24, 2.45) is 7.05 Å². The van der Waals surface area contributed by atoms with Crippen LogP contribution in [0, 0.1) is 0 Å². The molecule has 1 aromatic carbocycles. The van der Waals surface area contributed by atoms with Gasteiger partial charge in [-0.2, -0.15) is 0 Å². The normalized spacial score (nSPS) is 17.0. The van der Waals surface area contributed by atoms with E-state index in [-0.39, 0.29) is 6.04 Å². The second-order valence-corrected chi connectivity index (χ2v) is 5.91. The second-order valence-electron chi connectivity index (χ2n) is 5.91. The number of nitrogens with one attached hydrogen (secondary N) is 1. The summed E-state index contributed by atoms with van der Waals surface area (Å²) in [4.78, 5) is 7.20. The largest absolute Gasteiger partial charge is 0.330 e. The summed E-state index contributed by atoms with van der Waals surface area (Å²) < 4.78 is 2.19. The van der Waals surface area contributed by atoms with Crippen LogP contribution in [0.5, 0.6) is 0 Å². The van der Waals surface area contributed by atoms with Crippen LogP contribution in [0.2, 0.25) is 0 Å². The van der Waals surface area contributed by atoms with Crippen LogP contribution in [-0.2, 0) is 7.05 Å². The summed E-state index contributed by atoms with van der Waals surface area (Å²) in [6.07, 6.45) is 2.74. The number of nitrogens with zero attached hydrogens (tertiary/aromatic N) is 3. The first-order valence-corrected chi connectivity index (χ1v) is 7.52. The van der Waals surface area contributed by atoms with Crippen LogP contribution in [0.15, 0.2) is 24.3 Å². The van der Waals surface area contributed by atoms with E-state index in [1.807, 2.05) is 6.07 Å². The predicted octanol–water partition coefficient (Wildman–Crippen LogP) is 2.32. The Labute approximate surface area is 120 Å². The van der Waals surface area contributed by atoms with Crippen LogP contribution in [0.3, 0.4) is 0 Å². The summed E-state index contributed by atoms with van der Waals surface area (Å²) in [5, 5.41) is 3.59. The third-order valence-corrected chi connectivity index (χ3v) is 4.29. The van der Waals surface area contributed by atoms with Gasteiger partial charge in [0.1, 0.15) is 5.82 Å². The quantitative estimate of drug-likeness (QED) is 0.876. The molecule has 20 heavy (non-hydrogen) atoms. The maximum atomic E-state index is 4.74. The molecule has 4 nitrogen and oxygen atoms in total. The molecule has 1 saturated carbocycles. The molecule has 1 fully saturated rings. The van der Waals surface area contributed by atoms with Crippen molar-refractivity contribution in [1.82, 2.24) is 19.8 Å².